The molecule has 0 saturated carbocycles. The minimum Gasteiger partial charge on any atom is -0.454 e. The van der Waals surface area contributed by atoms with E-state index in [0.29, 0.717) is 13.0 Å². The summed E-state index contributed by atoms with van der Waals surface area (Å²) in [5.41, 5.74) is 0.993. The van der Waals surface area contributed by atoms with Gasteiger partial charge in [-0.3, -0.25) is 4.79 Å². The van der Waals surface area contributed by atoms with Crippen molar-refractivity contribution < 1.29 is 14.3 Å². The Hall–Kier alpha value is -1.85. The second-order valence-corrected chi connectivity index (χ2v) is 6.62. The zero-order valence-electron chi connectivity index (χ0n) is 12.4. The Morgan fingerprint density at radius 2 is 1.91 bits per heavy atom. The minimum atomic E-state index is 0.0316. The summed E-state index contributed by atoms with van der Waals surface area (Å²) in [6.45, 7) is 0.744. The fourth-order valence-electron chi connectivity index (χ4n) is 2.13. The van der Waals surface area contributed by atoms with Crippen LogP contribution in [-0.4, -0.2) is 18.5 Å². The van der Waals surface area contributed by atoms with Crippen LogP contribution in [0.15, 0.2) is 47.4 Å². The standard InChI is InChI=1S/C17H16ClNO3S/c18-13-2-4-14(5-3-13)23-8-7-17(20)19-10-12-1-6-15-16(9-12)22-11-21-15/h1-6,9H,7-8,10-11H2,(H,19,20). The molecule has 0 spiro atoms. The van der Waals surface area contributed by atoms with Gasteiger partial charge in [0.1, 0.15) is 0 Å². The molecule has 6 heteroatoms. The van der Waals surface area contributed by atoms with E-state index in [2.05, 4.69) is 5.32 Å². The summed E-state index contributed by atoms with van der Waals surface area (Å²) in [5, 5.41) is 3.63. The highest BCUT2D eigenvalue weighted by molar-refractivity contribution is 7.99. The lowest BCUT2D eigenvalue weighted by Crippen LogP contribution is -2.22. The van der Waals surface area contributed by atoms with E-state index in [0.717, 1.165) is 32.7 Å². The molecular formula is C17H16ClNO3S. The third-order valence-electron chi connectivity index (χ3n) is 3.34. The van der Waals surface area contributed by atoms with E-state index in [4.69, 9.17) is 21.1 Å². The number of carbonyl (C=O) groups excluding carboxylic acids is 1. The maximum absolute atomic E-state index is 11.9. The number of rotatable bonds is 6. The molecule has 0 saturated heterocycles. The van der Waals surface area contributed by atoms with Gasteiger partial charge in [0.15, 0.2) is 11.5 Å². The average molecular weight is 350 g/mol. The first-order chi connectivity index (χ1) is 11.2. The van der Waals surface area contributed by atoms with Crippen molar-refractivity contribution in [3.8, 4) is 11.5 Å². The number of fused-ring (bicyclic) bond motifs is 1. The molecule has 0 radical (unpaired) electrons. The van der Waals surface area contributed by atoms with Crippen LogP contribution in [0.4, 0.5) is 0 Å². The molecule has 4 nitrogen and oxygen atoms in total. The third-order valence-corrected chi connectivity index (χ3v) is 4.60. The van der Waals surface area contributed by atoms with Gasteiger partial charge >= 0.3 is 0 Å². The average Bonchev–Trinajstić information content (AvgIpc) is 3.02. The number of nitrogens with one attached hydrogen (secondary N) is 1. The number of hydrogen-bond donors (Lipinski definition) is 1. The molecule has 1 aliphatic heterocycles. The summed E-state index contributed by atoms with van der Waals surface area (Å²) in [7, 11) is 0. The van der Waals surface area contributed by atoms with Crippen molar-refractivity contribution in [2.75, 3.05) is 12.5 Å². The first-order valence-electron chi connectivity index (χ1n) is 7.24. The van der Waals surface area contributed by atoms with Gasteiger partial charge in [0.2, 0.25) is 12.7 Å². The lowest BCUT2D eigenvalue weighted by molar-refractivity contribution is -0.120. The second kappa shape index (κ2) is 7.62. The molecule has 0 bridgehead atoms. The van der Waals surface area contributed by atoms with Crippen LogP contribution in [0.5, 0.6) is 11.5 Å². The van der Waals surface area contributed by atoms with Crippen molar-refractivity contribution in [1.29, 1.82) is 0 Å². The minimum absolute atomic E-state index is 0.0316. The fourth-order valence-corrected chi connectivity index (χ4v) is 3.11. The molecule has 0 aromatic heterocycles. The van der Waals surface area contributed by atoms with Gasteiger partial charge in [-0.15, -0.1) is 11.8 Å². The largest absolute Gasteiger partial charge is 0.454 e. The Kier molecular flexibility index (Phi) is 5.31. The van der Waals surface area contributed by atoms with Crippen LogP contribution < -0.4 is 14.8 Å². The molecule has 23 heavy (non-hydrogen) atoms. The number of benzene rings is 2. The molecule has 0 unspecified atom stereocenters. The molecule has 3 rings (SSSR count). The smallest absolute Gasteiger partial charge is 0.231 e. The third kappa shape index (κ3) is 4.56. The molecule has 1 heterocycles. The molecule has 120 valence electrons. The van der Waals surface area contributed by atoms with Gasteiger partial charge < -0.3 is 14.8 Å². The van der Waals surface area contributed by atoms with E-state index in [1.54, 1.807) is 11.8 Å². The summed E-state index contributed by atoms with van der Waals surface area (Å²) >= 11 is 7.48. The maximum atomic E-state index is 11.9. The SMILES string of the molecule is O=C(CCSc1ccc(Cl)cc1)NCc1ccc2c(c1)OCO2. The predicted molar refractivity (Wildman–Crippen MR) is 91.2 cm³/mol. The van der Waals surface area contributed by atoms with Crippen LogP contribution in [-0.2, 0) is 11.3 Å². The summed E-state index contributed by atoms with van der Waals surface area (Å²) in [6, 6.07) is 13.3. The number of thioether (sulfide) groups is 1. The predicted octanol–water partition coefficient (Wildman–Crippen LogP) is 3.87. The number of halogens is 1. The first-order valence-corrected chi connectivity index (χ1v) is 8.61. The zero-order chi connectivity index (χ0) is 16.1. The Labute approximate surface area is 144 Å². The Balaban J connectivity index is 1.40. The maximum Gasteiger partial charge on any atom is 0.231 e. The van der Waals surface area contributed by atoms with Crippen LogP contribution in [0.25, 0.3) is 0 Å². The van der Waals surface area contributed by atoms with Crippen molar-refractivity contribution in [2.24, 2.45) is 0 Å². The topological polar surface area (TPSA) is 47.6 Å². The highest BCUT2D eigenvalue weighted by atomic mass is 35.5. The lowest BCUT2D eigenvalue weighted by Gasteiger charge is -2.06. The summed E-state index contributed by atoms with van der Waals surface area (Å²) in [4.78, 5) is 13.0. The number of ether oxygens (including phenoxy) is 2. The van der Waals surface area contributed by atoms with Gasteiger partial charge in [-0.2, -0.15) is 0 Å². The molecule has 0 fully saturated rings. The molecular weight excluding hydrogens is 334 g/mol. The van der Waals surface area contributed by atoms with Gasteiger partial charge in [0, 0.05) is 28.6 Å². The molecule has 0 aliphatic carbocycles. The van der Waals surface area contributed by atoms with E-state index < -0.39 is 0 Å². The van der Waals surface area contributed by atoms with E-state index in [1.165, 1.54) is 0 Å². The van der Waals surface area contributed by atoms with Gasteiger partial charge in [0.25, 0.3) is 0 Å². The monoisotopic (exact) mass is 349 g/mol. The van der Waals surface area contributed by atoms with Gasteiger partial charge in [-0.05, 0) is 42.0 Å². The first kappa shape index (κ1) is 16.0. The highest BCUT2D eigenvalue weighted by Crippen LogP contribution is 2.32. The summed E-state index contributed by atoms with van der Waals surface area (Å²) in [6.07, 6.45) is 0.470. The van der Waals surface area contributed by atoms with Gasteiger partial charge in [-0.25, -0.2) is 0 Å². The Morgan fingerprint density at radius 1 is 1.13 bits per heavy atom. The van der Waals surface area contributed by atoms with Gasteiger partial charge in [0.05, 0.1) is 0 Å². The van der Waals surface area contributed by atoms with Crippen LogP contribution in [0, 0.1) is 0 Å². The van der Waals surface area contributed by atoms with Crippen LogP contribution >= 0.6 is 23.4 Å². The van der Waals surface area contributed by atoms with E-state index in [-0.39, 0.29) is 12.7 Å². The Morgan fingerprint density at radius 3 is 2.74 bits per heavy atom. The second-order valence-electron chi connectivity index (χ2n) is 5.02. The lowest BCUT2D eigenvalue weighted by atomic mass is 10.2. The molecule has 2 aromatic rings. The molecule has 2 aromatic carbocycles. The summed E-state index contributed by atoms with van der Waals surface area (Å²) < 4.78 is 10.6. The normalized spacial score (nSPS) is 12.2. The molecule has 1 aliphatic rings. The number of carbonyl (C=O) groups is 1. The van der Waals surface area contributed by atoms with E-state index in [1.807, 2.05) is 42.5 Å². The van der Waals surface area contributed by atoms with Crippen molar-refractivity contribution >= 4 is 29.3 Å². The zero-order valence-corrected chi connectivity index (χ0v) is 14.0. The van der Waals surface area contributed by atoms with Crippen LogP contribution in [0.1, 0.15) is 12.0 Å². The van der Waals surface area contributed by atoms with Crippen molar-refractivity contribution in [2.45, 2.75) is 17.9 Å². The van der Waals surface area contributed by atoms with Crippen LogP contribution in [0.3, 0.4) is 0 Å². The number of amides is 1. The van der Waals surface area contributed by atoms with Crippen molar-refractivity contribution in [1.82, 2.24) is 5.32 Å². The molecule has 1 amide bonds. The number of hydrogen-bond acceptors (Lipinski definition) is 4. The summed E-state index contributed by atoms with van der Waals surface area (Å²) in [5.74, 6) is 2.24. The van der Waals surface area contributed by atoms with E-state index >= 15 is 0 Å². The van der Waals surface area contributed by atoms with E-state index in [9.17, 15) is 4.79 Å². The van der Waals surface area contributed by atoms with Crippen molar-refractivity contribution in [3.63, 3.8) is 0 Å². The Bertz CT molecular complexity index is 691. The quantitative estimate of drug-likeness (QED) is 0.804. The molecule has 1 N–H and O–H groups in total. The van der Waals surface area contributed by atoms with Crippen LogP contribution in [0.2, 0.25) is 5.02 Å². The highest BCUT2D eigenvalue weighted by Gasteiger charge is 2.13. The fraction of sp³-hybridized carbons (Fsp3) is 0.235. The molecule has 0 atom stereocenters. The van der Waals surface area contributed by atoms with Crippen molar-refractivity contribution in [3.05, 3.63) is 53.1 Å². The van der Waals surface area contributed by atoms with Gasteiger partial charge in [-0.1, -0.05) is 17.7 Å².